The zero-order valence-corrected chi connectivity index (χ0v) is 18.5. The number of sulfonamides is 1. The van der Waals surface area contributed by atoms with Crippen molar-refractivity contribution < 1.29 is 22.7 Å². The van der Waals surface area contributed by atoms with Gasteiger partial charge in [-0.3, -0.25) is 4.79 Å². The molecule has 2 aromatic rings. The van der Waals surface area contributed by atoms with Gasteiger partial charge >= 0.3 is 5.97 Å². The van der Waals surface area contributed by atoms with Crippen LogP contribution in [-0.4, -0.2) is 44.3 Å². The first-order chi connectivity index (χ1) is 14.2. The van der Waals surface area contributed by atoms with Crippen LogP contribution < -0.4 is 5.32 Å². The van der Waals surface area contributed by atoms with Crippen molar-refractivity contribution in [3.63, 3.8) is 0 Å². The third-order valence-corrected chi connectivity index (χ3v) is 7.29. The van der Waals surface area contributed by atoms with E-state index in [0.29, 0.717) is 18.8 Å². The number of amides is 1. The molecule has 0 spiro atoms. The van der Waals surface area contributed by atoms with Crippen LogP contribution in [0, 0.1) is 0 Å². The van der Waals surface area contributed by atoms with Crippen LogP contribution in [0.1, 0.15) is 40.5 Å². The monoisotopic (exact) mass is 470 g/mol. The molecular weight excluding hydrogens is 451 g/mol. The summed E-state index contributed by atoms with van der Waals surface area (Å²) in [4.78, 5) is 24.4. The van der Waals surface area contributed by atoms with Gasteiger partial charge in [0.15, 0.2) is 0 Å². The van der Waals surface area contributed by atoms with Gasteiger partial charge in [-0.05, 0) is 56.2 Å². The van der Waals surface area contributed by atoms with E-state index < -0.39 is 21.9 Å². The number of nitrogens with one attached hydrogen (secondary N) is 1. The van der Waals surface area contributed by atoms with Crippen LogP contribution in [0.3, 0.4) is 0 Å². The van der Waals surface area contributed by atoms with Gasteiger partial charge in [-0.25, -0.2) is 13.2 Å². The molecule has 0 aromatic heterocycles. The molecule has 1 N–H and O–H groups in total. The van der Waals surface area contributed by atoms with Crippen LogP contribution >= 0.6 is 23.2 Å². The Kier molecular flexibility index (Phi) is 7.02. The molecule has 10 heteroatoms. The van der Waals surface area contributed by atoms with E-state index in [0.717, 1.165) is 12.8 Å². The van der Waals surface area contributed by atoms with Gasteiger partial charge in [0.25, 0.3) is 5.91 Å². The fourth-order valence-corrected chi connectivity index (χ4v) is 5.36. The Bertz CT molecular complexity index is 1080. The van der Waals surface area contributed by atoms with Crippen molar-refractivity contribution in [2.75, 3.05) is 25.0 Å². The molecule has 0 saturated carbocycles. The lowest BCUT2D eigenvalue weighted by molar-refractivity contribution is 0.0526. The van der Waals surface area contributed by atoms with E-state index in [1.165, 1.54) is 40.7 Å². The lowest BCUT2D eigenvalue weighted by Gasteiger charge is -2.17. The number of hydrogen-bond donors (Lipinski definition) is 1. The van der Waals surface area contributed by atoms with Crippen molar-refractivity contribution in [2.24, 2.45) is 0 Å². The third-order valence-electron chi connectivity index (χ3n) is 4.60. The summed E-state index contributed by atoms with van der Waals surface area (Å²) in [7, 11) is -3.78. The van der Waals surface area contributed by atoms with E-state index in [9.17, 15) is 18.0 Å². The zero-order chi connectivity index (χ0) is 21.9. The highest BCUT2D eigenvalue weighted by atomic mass is 35.5. The highest BCUT2D eigenvalue weighted by Crippen LogP contribution is 2.29. The van der Waals surface area contributed by atoms with E-state index in [4.69, 9.17) is 27.9 Å². The van der Waals surface area contributed by atoms with Crippen LogP contribution in [0.4, 0.5) is 5.69 Å². The molecule has 1 aliphatic heterocycles. The smallest absolute Gasteiger partial charge is 0.339 e. The second-order valence-corrected chi connectivity index (χ2v) is 9.35. The average molecular weight is 471 g/mol. The number of rotatable bonds is 6. The highest BCUT2D eigenvalue weighted by molar-refractivity contribution is 7.89. The van der Waals surface area contributed by atoms with E-state index in [1.807, 2.05) is 0 Å². The molecule has 30 heavy (non-hydrogen) atoms. The van der Waals surface area contributed by atoms with Gasteiger partial charge < -0.3 is 10.1 Å². The molecule has 0 radical (unpaired) electrons. The molecule has 2 aromatic carbocycles. The van der Waals surface area contributed by atoms with Gasteiger partial charge in [0.2, 0.25) is 10.0 Å². The van der Waals surface area contributed by atoms with Gasteiger partial charge in [-0.15, -0.1) is 0 Å². The largest absolute Gasteiger partial charge is 0.462 e. The maximum absolute atomic E-state index is 12.8. The van der Waals surface area contributed by atoms with Crippen molar-refractivity contribution in [1.82, 2.24) is 4.31 Å². The molecule has 0 atom stereocenters. The summed E-state index contributed by atoms with van der Waals surface area (Å²) < 4.78 is 32.0. The predicted octanol–water partition coefficient (Wildman–Crippen LogP) is 4.21. The number of anilines is 1. The second kappa shape index (κ2) is 9.34. The Balaban J connectivity index is 1.82. The summed E-state index contributed by atoms with van der Waals surface area (Å²) in [6.07, 6.45) is 1.58. The van der Waals surface area contributed by atoms with Crippen molar-refractivity contribution in [1.29, 1.82) is 0 Å². The number of halogens is 2. The van der Waals surface area contributed by atoms with Crippen LogP contribution in [0.2, 0.25) is 10.0 Å². The molecule has 1 amide bonds. The Morgan fingerprint density at radius 1 is 1.07 bits per heavy atom. The Morgan fingerprint density at radius 3 is 2.40 bits per heavy atom. The fraction of sp³-hybridized carbons (Fsp3) is 0.300. The van der Waals surface area contributed by atoms with Crippen molar-refractivity contribution in [2.45, 2.75) is 24.7 Å². The Morgan fingerprint density at radius 2 is 1.77 bits per heavy atom. The fourth-order valence-electron chi connectivity index (χ4n) is 3.08. The first kappa shape index (κ1) is 22.6. The number of hydrogen-bond acceptors (Lipinski definition) is 5. The Labute approximate surface area is 185 Å². The molecule has 1 saturated heterocycles. The normalized spacial score (nSPS) is 14.5. The minimum atomic E-state index is -3.78. The summed E-state index contributed by atoms with van der Waals surface area (Å²) in [6, 6.07) is 8.46. The van der Waals surface area contributed by atoms with Crippen molar-refractivity contribution in [3.05, 3.63) is 57.6 Å². The van der Waals surface area contributed by atoms with E-state index in [1.54, 1.807) is 6.92 Å². The van der Waals surface area contributed by atoms with Gasteiger partial charge in [0, 0.05) is 24.3 Å². The minimum absolute atomic E-state index is 0.0558. The molecular formula is C20H20Cl2N2O5S. The van der Waals surface area contributed by atoms with E-state index >= 15 is 0 Å². The van der Waals surface area contributed by atoms with Gasteiger partial charge in [0.1, 0.15) is 4.90 Å². The van der Waals surface area contributed by atoms with Gasteiger partial charge in [-0.2, -0.15) is 4.31 Å². The molecule has 0 bridgehead atoms. The van der Waals surface area contributed by atoms with Crippen molar-refractivity contribution >= 4 is 50.8 Å². The molecule has 0 aliphatic carbocycles. The quantitative estimate of drug-likeness (QED) is 0.638. The number of carbonyl (C=O) groups excluding carboxylic acids is 2. The van der Waals surface area contributed by atoms with Gasteiger partial charge in [-0.1, -0.05) is 23.2 Å². The van der Waals surface area contributed by atoms with Crippen LogP contribution in [0.5, 0.6) is 0 Å². The van der Waals surface area contributed by atoms with E-state index in [2.05, 4.69) is 5.32 Å². The number of esters is 1. The summed E-state index contributed by atoms with van der Waals surface area (Å²) in [5.41, 5.74) is 0.654. The summed E-state index contributed by atoms with van der Waals surface area (Å²) >= 11 is 12.2. The maximum Gasteiger partial charge on any atom is 0.339 e. The van der Waals surface area contributed by atoms with E-state index in [-0.39, 0.29) is 32.7 Å². The summed E-state index contributed by atoms with van der Waals surface area (Å²) in [6.45, 7) is 2.76. The minimum Gasteiger partial charge on any atom is -0.462 e. The van der Waals surface area contributed by atoms with Crippen LogP contribution in [0.15, 0.2) is 41.3 Å². The summed E-state index contributed by atoms with van der Waals surface area (Å²) in [5.74, 6) is -1.10. The predicted molar refractivity (Wildman–Crippen MR) is 115 cm³/mol. The SMILES string of the molecule is CCOC(=O)c1ccc(NC(=O)c2ccc(Cl)c(S(=O)(=O)N3CCCC3)c2)cc1Cl. The zero-order valence-electron chi connectivity index (χ0n) is 16.2. The number of nitrogens with zero attached hydrogens (tertiary/aromatic N) is 1. The Hall–Kier alpha value is -2.13. The van der Waals surface area contributed by atoms with Crippen LogP contribution in [0.25, 0.3) is 0 Å². The molecule has 3 rings (SSSR count). The highest BCUT2D eigenvalue weighted by Gasteiger charge is 2.29. The van der Waals surface area contributed by atoms with Crippen LogP contribution in [-0.2, 0) is 14.8 Å². The molecule has 1 aliphatic rings. The first-order valence-electron chi connectivity index (χ1n) is 9.31. The summed E-state index contributed by atoms with van der Waals surface area (Å²) in [5, 5.41) is 2.82. The van der Waals surface area contributed by atoms with Crippen molar-refractivity contribution in [3.8, 4) is 0 Å². The molecule has 1 heterocycles. The lowest BCUT2D eigenvalue weighted by Crippen LogP contribution is -2.28. The average Bonchev–Trinajstić information content (AvgIpc) is 3.24. The third kappa shape index (κ3) is 4.78. The second-order valence-electron chi connectivity index (χ2n) is 6.63. The number of carbonyl (C=O) groups is 2. The molecule has 0 unspecified atom stereocenters. The standard InChI is InChI=1S/C20H20Cl2N2O5S/c1-2-29-20(26)15-7-6-14(12-17(15)22)23-19(25)13-5-8-16(21)18(11-13)30(27,28)24-9-3-4-10-24/h5-8,11-12H,2-4,9-10H2,1H3,(H,23,25). The molecule has 1 fully saturated rings. The first-order valence-corrected chi connectivity index (χ1v) is 11.5. The molecule has 160 valence electrons. The topological polar surface area (TPSA) is 92.8 Å². The number of ether oxygens (including phenoxy) is 1. The lowest BCUT2D eigenvalue weighted by atomic mass is 10.2. The molecule has 7 nitrogen and oxygen atoms in total. The van der Waals surface area contributed by atoms with Gasteiger partial charge in [0.05, 0.1) is 22.2 Å². The number of benzene rings is 2. The maximum atomic E-state index is 12.8.